The lowest BCUT2D eigenvalue weighted by Gasteiger charge is -1.99. The third kappa shape index (κ3) is 4.12. The molecule has 6 nitrogen and oxygen atoms in total. The summed E-state index contributed by atoms with van der Waals surface area (Å²) in [5.74, 6) is -1.12. The van der Waals surface area contributed by atoms with E-state index in [1.807, 2.05) is 0 Å². The minimum Gasteiger partial charge on any atom is -0.465 e. The number of carbonyl (C=O) groups is 2. The van der Waals surface area contributed by atoms with Gasteiger partial charge in [-0.2, -0.15) is 0 Å². The number of aromatic nitrogens is 2. The topological polar surface area (TPSA) is 81.2 Å². The fourth-order valence-corrected chi connectivity index (χ4v) is 3.92. The smallest absolute Gasteiger partial charge is 0.350 e. The van der Waals surface area contributed by atoms with Crippen molar-refractivity contribution in [1.82, 2.24) is 9.97 Å². The number of aryl methyl sites for hydroxylation is 1. The molecule has 0 bridgehead atoms. The molecule has 134 valence electrons. The Morgan fingerprint density at radius 1 is 1.31 bits per heavy atom. The van der Waals surface area contributed by atoms with Gasteiger partial charge in [0.25, 0.3) is 0 Å². The molecule has 0 aliphatic rings. The van der Waals surface area contributed by atoms with Crippen molar-refractivity contribution < 1.29 is 18.7 Å². The number of carbonyl (C=O) groups excluding carboxylic acids is 2. The van der Waals surface area contributed by atoms with E-state index in [2.05, 4.69) is 20.0 Å². The zero-order chi connectivity index (χ0) is 18.7. The maximum absolute atomic E-state index is 13.3. The molecule has 9 heteroatoms. The lowest BCUT2D eigenvalue weighted by atomic mass is 10.2. The molecule has 1 aromatic carbocycles. The molecule has 2 aromatic heterocycles. The van der Waals surface area contributed by atoms with Crippen molar-refractivity contribution in [2.45, 2.75) is 13.3 Å². The van der Waals surface area contributed by atoms with Crippen LogP contribution >= 0.6 is 22.7 Å². The van der Waals surface area contributed by atoms with Crippen LogP contribution in [0, 0.1) is 12.7 Å². The molecular formula is C17H14FN3O3S2. The van der Waals surface area contributed by atoms with E-state index in [0.29, 0.717) is 32.0 Å². The number of benzene rings is 1. The monoisotopic (exact) mass is 391 g/mol. The van der Waals surface area contributed by atoms with Crippen molar-refractivity contribution in [1.29, 1.82) is 0 Å². The molecule has 0 aliphatic carbocycles. The van der Waals surface area contributed by atoms with E-state index in [9.17, 15) is 14.0 Å². The Morgan fingerprint density at radius 2 is 2.12 bits per heavy atom. The molecule has 3 rings (SSSR count). The normalized spacial score (nSPS) is 10.6. The highest BCUT2D eigenvalue weighted by molar-refractivity contribution is 7.17. The highest BCUT2D eigenvalue weighted by Gasteiger charge is 2.17. The standard InChI is InChI=1S/C17H14FN3O3S2/c1-9-14(16(23)24-2)26-17(19-9)21-13(22)7-12-8-25-15(20-12)10-4-3-5-11(18)6-10/h3-6,8H,7H2,1-2H3,(H,19,21,22). The van der Waals surface area contributed by atoms with Gasteiger partial charge in [0.05, 0.1) is 24.9 Å². The number of hydrogen-bond donors (Lipinski definition) is 1. The number of ether oxygens (including phenoxy) is 1. The first-order valence-corrected chi connectivity index (χ1v) is 9.22. The Hall–Kier alpha value is -2.65. The lowest BCUT2D eigenvalue weighted by molar-refractivity contribution is -0.115. The molecule has 0 radical (unpaired) electrons. The summed E-state index contributed by atoms with van der Waals surface area (Å²) in [7, 11) is 1.29. The number of nitrogens with one attached hydrogen (secondary N) is 1. The Bertz CT molecular complexity index is 968. The zero-order valence-electron chi connectivity index (χ0n) is 13.9. The first kappa shape index (κ1) is 18.2. The third-order valence-corrected chi connectivity index (χ3v) is 5.37. The van der Waals surface area contributed by atoms with Crippen molar-refractivity contribution in [3.8, 4) is 10.6 Å². The molecular weight excluding hydrogens is 377 g/mol. The van der Waals surface area contributed by atoms with E-state index in [0.717, 1.165) is 11.3 Å². The summed E-state index contributed by atoms with van der Waals surface area (Å²) in [5, 5.41) is 5.38. The molecule has 2 heterocycles. The third-order valence-electron chi connectivity index (χ3n) is 3.38. The van der Waals surface area contributed by atoms with Crippen molar-refractivity contribution in [3.05, 3.63) is 51.7 Å². The van der Waals surface area contributed by atoms with Crippen LogP contribution in [0.5, 0.6) is 0 Å². The maximum Gasteiger partial charge on any atom is 0.350 e. The number of esters is 1. The molecule has 3 aromatic rings. The predicted octanol–water partition coefficient (Wildman–Crippen LogP) is 3.68. The van der Waals surface area contributed by atoms with Crippen LogP contribution in [-0.2, 0) is 16.0 Å². The van der Waals surface area contributed by atoms with Crippen molar-refractivity contribution in [3.63, 3.8) is 0 Å². The molecule has 0 spiro atoms. The van der Waals surface area contributed by atoms with Crippen molar-refractivity contribution in [2.24, 2.45) is 0 Å². The minimum atomic E-state index is -0.486. The van der Waals surface area contributed by atoms with Gasteiger partial charge in [-0.05, 0) is 19.1 Å². The Balaban J connectivity index is 1.67. The predicted molar refractivity (Wildman–Crippen MR) is 98.0 cm³/mol. The van der Waals surface area contributed by atoms with E-state index in [1.54, 1.807) is 24.4 Å². The second kappa shape index (κ2) is 7.71. The van der Waals surface area contributed by atoms with Crippen LogP contribution in [0.2, 0.25) is 0 Å². The highest BCUT2D eigenvalue weighted by Crippen LogP contribution is 2.26. The number of rotatable bonds is 5. The largest absolute Gasteiger partial charge is 0.465 e. The number of amides is 1. The first-order valence-electron chi connectivity index (χ1n) is 7.52. The molecule has 0 saturated heterocycles. The number of hydrogen-bond acceptors (Lipinski definition) is 7. The summed E-state index contributed by atoms with van der Waals surface area (Å²) >= 11 is 2.40. The molecule has 26 heavy (non-hydrogen) atoms. The number of thiazole rings is 2. The van der Waals surface area contributed by atoms with Gasteiger partial charge in [-0.25, -0.2) is 19.2 Å². The Kier molecular flexibility index (Phi) is 5.38. The van der Waals surface area contributed by atoms with Gasteiger partial charge in [0, 0.05) is 10.9 Å². The van der Waals surface area contributed by atoms with E-state index in [4.69, 9.17) is 0 Å². The molecule has 1 amide bonds. The minimum absolute atomic E-state index is 0.0536. The number of methoxy groups -OCH3 is 1. The fraction of sp³-hybridized carbons (Fsp3) is 0.176. The van der Waals surface area contributed by atoms with E-state index in [-0.39, 0.29) is 18.1 Å². The number of nitrogens with zero attached hydrogens (tertiary/aromatic N) is 2. The highest BCUT2D eigenvalue weighted by atomic mass is 32.1. The van der Waals surface area contributed by atoms with Crippen LogP contribution in [0.25, 0.3) is 10.6 Å². The Labute approximate surface area is 156 Å². The summed E-state index contributed by atoms with van der Waals surface area (Å²) in [6.07, 6.45) is 0.0536. The first-order chi connectivity index (χ1) is 12.5. The summed E-state index contributed by atoms with van der Waals surface area (Å²) in [5.41, 5.74) is 1.74. The van der Waals surface area contributed by atoms with Gasteiger partial charge in [0.1, 0.15) is 15.7 Å². The van der Waals surface area contributed by atoms with Gasteiger partial charge >= 0.3 is 5.97 Å². The molecule has 0 fully saturated rings. The van der Waals surface area contributed by atoms with Gasteiger partial charge in [-0.3, -0.25) is 4.79 Å². The van der Waals surface area contributed by atoms with Crippen LogP contribution in [0.3, 0.4) is 0 Å². The molecule has 0 saturated carbocycles. The van der Waals surface area contributed by atoms with Crippen molar-refractivity contribution in [2.75, 3.05) is 12.4 Å². The molecule has 1 N–H and O–H groups in total. The maximum atomic E-state index is 13.3. The summed E-state index contributed by atoms with van der Waals surface area (Å²) in [6.45, 7) is 1.67. The van der Waals surface area contributed by atoms with Gasteiger partial charge in [-0.15, -0.1) is 11.3 Å². The van der Waals surface area contributed by atoms with E-state index < -0.39 is 5.97 Å². The van der Waals surface area contributed by atoms with Crippen LogP contribution in [0.4, 0.5) is 9.52 Å². The summed E-state index contributed by atoms with van der Waals surface area (Å²) in [4.78, 5) is 32.6. The second-order valence-corrected chi connectivity index (χ2v) is 7.16. The molecule has 0 unspecified atom stereocenters. The fourth-order valence-electron chi connectivity index (χ4n) is 2.20. The second-order valence-electron chi connectivity index (χ2n) is 5.30. The summed E-state index contributed by atoms with van der Waals surface area (Å²) in [6, 6.07) is 6.14. The molecule has 0 aliphatic heterocycles. The zero-order valence-corrected chi connectivity index (χ0v) is 15.5. The lowest BCUT2D eigenvalue weighted by Crippen LogP contribution is -2.14. The van der Waals surface area contributed by atoms with Gasteiger partial charge in [0.15, 0.2) is 5.13 Å². The van der Waals surface area contributed by atoms with Crippen molar-refractivity contribution >= 4 is 39.7 Å². The quantitative estimate of drug-likeness (QED) is 0.671. The van der Waals surface area contributed by atoms with E-state index >= 15 is 0 Å². The number of anilines is 1. The summed E-state index contributed by atoms with van der Waals surface area (Å²) < 4.78 is 18.0. The van der Waals surface area contributed by atoms with Crippen LogP contribution in [0.15, 0.2) is 29.6 Å². The van der Waals surface area contributed by atoms with Gasteiger partial charge in [-0.1, -0.05) is 23.5 Å². The van der Waals surface area contributed by atoms with Gasteiger partial charge in [0.2, 0.25) is 5.91 Å². The molecule has 0 atom stereocenters. The van der Waals surface area contributed by atoms with Crippen LogP contribution < -0.4 is 5.32 Å². The Morgan fingerprint density at radius 3 is 2.85 bits per heavy atom. The van der Waals surface area contributed by atoms with Crippen LogP contribution in [0.1, 0.15) is 21.1 Å². The average Bonchev–Trinajstić information content (AvgIpc) is 3.21. The number of halogens is 1. The SMILES string of the molecule is COC(=O)c1sc(NC(=O)Cc2csc(-c3cccc(F)c3)n2)nc1C. The average molecular weight is 391 g/mol. The van der Waals surface area contributed by atoms with Gasteiger partial charge < -0.3 is 10.1 Å². The van der Waals surface area contributed by atoms with Crippen LogP contribution in [-0.4, -0.2) is 29.0 Å². The van der Waals surface area contributed by atoms with E-state index in [1.165, 1.54) is 30.6 Å².